The van der Waals surface area contributed by atoms with E-state index in [1.807, 2.05) is 0 Å². The minimum Gasteiger partial charge on any atom is -0.310 e. The van der Waals surface area contributed by atoms with Crippen molar-refractivity contribution in [2.24, 2.45) is 0 Å². The van der Waals surface area contributed by atoms with Crippen LogP contribution in [0.15, 0.2) is 121 Å². The molecule has 0 heterocycles. The molecule has 57 heavy (non-hydrogen) atoms. The van der Waals surface area contributed by atoms with Crippen LogP contribution in [0, 0.1) is 0 Å². The number of hydrogen-bond acceptors (Lipinski definition) is 5. The Hall–Kier alpha value is -4.10. The molecule has 0 fully saturated rings. The molecule has 0 amide bonds. The Morgan fingerprint density at radius 2 is 0.526 bits per heavy atom. The second kappa shape index (κ2) is 25.3. The van der Waals surface area contributed by atoms with Gasteiger partial charge < -0.3 is 24.5 Å². The van der Waals surface area contributed by atoms with Crippen LogP contribution in [-0.2, 0) is 11.8 Å². The van der Waals surface area contributed by atoms with E-state index in [1.165, 1.54) is 55.6 Å². The molecule has 0 aromatic heterocycles. The monoisotopic (exact) mass is 772 g/mol. The van der Waals surface area contributed by atoms with E-state index in [-0.39, 0.29) is 5.41 Å². The standard InChI is InChI=1S/C32H22.5C4H11N/c1-7-17-28-22(11-1)21-23-12-2-8-18-29(23)32(28)30-19-9-5-15-26(30)24-13-3-4-14-25(24)27-16-6-10-20-31(27)32;5*1-4-5(2)3/h1-20H,21H2;5*4H2,1-3H3. The van der Waals surface area contributed by atoms with Crippen LogP contribution in [0.4, 0.5) is 0 Å². The fraction of sp³-hybridized carbons (Fsp3) is 0.423. The van der Waals surface area contributed by atoms with Crippen molar-refractivity contribution in [1.29, 1.82) is 0 Å². The first-order valence-corrected chi connectivity index (χ1v) is 20.9. The van der Waals surface area contributed by atoms with Crippen molar-refractivity contribution < 1.29 is 0 Å². The third-order valence-electron chi connectivity index (χ3n) is 10.6. The van der Waals surface area contributed by atoms with Crippen LogP contribution in [0.1, 0.15) is 68.0 Å². The van der Waals surface area contributed by atoms with Gasteiger partial charge in [0.05, 0.1) is 5.41 Å². The Kier molecular flexibility index (Phi) is 21.8. The van der Waals surface area contributed by atoms with Crippen LogP contribution < -0.4 is 0 Å². The van der Waals surface area contributed by atoms with E-state index in [1.54, 1.807) is 0 Å². The van der Waals surface area contributed by atoms with Gasteiger partial charge in [0.1, 0.15) is 0 Å². The lowest BCUT2D eigenvalue weighted by molar-refractivity contribution is 0.434. The Morgan fingerprint density at radius 1 is 0.316 bits per heavy atom. The molecular formula is C52H77N5. The summed E-state index contributed by atoms with van der Waals surface area (Å²) in [6.45, 7) is 16.3. The van der Waals surface area contributed by atoms with Gasteiger partial charge in [-0.15, -0.1) is 0 Å². The number of benzene rings is 5. The quantitative estimate of drug-likeness (QED) is 0.173. The van der Waals surface area contributed by atoms with Gasteiger partial charge in [0.2, 0.25) is 0 Å². The molecule has 0 aliphatic heterocycles. The summed E-state index contributed by atoms with van der Waals surface area (Å²) in [5.41, 5.74) is 13.3. The molecule has 5 aromatic rings. The third-order valence-corrected chi connectivity index (χ3v) is 10.6. The molecular weight excluding hydrogens is 695 g/mol. The number of rotatable bonds is 5. The van der Waals surface area contributed by atoms with Gasteiger partial charge in [0.25, 0.3) is 0 Å². The molecule has 0 N–H and O–H groups in total. The average molecular weight is 772 g/mol. The lowest BCUT2D eigenvalue weighted by atomic mass is 9.58. The van der Waals surface area contributed by atoms with Crippen molar-refractivity contribution in [2.45, 2.75) is 46.5 Å². The maximum absolute atomic E-state index is 2.36. The van der Waals surface area contributed by atoms with Gasteiger partial charge in [0, 0.05) is 0 Å². The Labute approximate surface area is 350 Å². The van der Waals surface area contributed by atoms with E-state index in [4.69, 9.17) is 0 Å². The lowest BCUT2D eigenvalue weighted by Gasteiger charge is -2.43. The molecule has 7 rings (SSSR count). The Morgan fingerprint density at radius 3 is 0.789 bits per heavy atom. The molecule has 0 bridgehead atoms. The van der Waals surface area contributed by atoms with Gasteiger partial charge >= 0.3 is 0 Å². The van der Waals surface area contributed by atoms with Crippen LogP contribution in [0.25, 0.3) is 22.3 Å². The van der Waals surface area contributed by atoms with Crippen molar-refractivity contribution in [2.75, 3.05) is 103 Å². The van der Waals surface area contributed by atoms with Gasteiger partial charge in [0.15, 0.2) is 0 Å². The highest BCUT2D eigenvalue weighted by molar-refractivity contribution is 5.93. The smallest absolute Gasteiger partial charge is 0.0719 e. The summed E-state index contributed by atoms with van der Waals surface area (Å²) in [6.07, 6.45) is 0.978. The fourth-order valence-corrected chi connectivity index (χ4v) is 6.20. The minimum absolute atomic E-state index is 0.350. The first kappa shape index (κ1) is 49.0. The van der Waals surface area contributed by atoms with Crippen LogP contribution in [0.2, 0.25) is 0 Å². The first-order chi connectivity index (χ1) is 27.2. The molecule has 0 unspecified atom stereocenters. The predicted molar refractivity (Wildman–Crippen MR) is 253 cm³/mol. The van der Waals surface area contributed by atoms with E-state index in [0.29, 0.717) is 0 Å². The zero-order valence-corrected chi connectivity index (χ0v) is 38.5. The molecule has 1 spiro atoms. The van der Waals surface area contributed by atoms with Crippen molar-refractivity contribution in [3.05, 3.63) is 155 Å². The largest absolute Gasteiger partial charge is 0.310 e. The first-order valence-electron chi connectivity index (χ1n) is 20.9. The van der Waals surface area contributed by atoms with Crippen molar-refractivity contribution in [3.8, 4) is 22.3 Å². The molecule has 5 heteroatoms. The summed E-state index contributed by atoms with van der Waals surface area (Å²) in [7, 11) is 20.6. The maximum atomic E-state index is 2.36. The number of hydrogen-bond donors (Lipinski definition) is 0. The van der Waals surface area contributed by atoms with E-state index < -0.39 is 0 Å². The normalized spacial score (nSPS) is 12.3. The topological polar surface area (TPSA) is 16.2 Å². The highest BCUT2D eigenvalue weighted by Crippen LogP contribution is 2.57. The molecule has 5 nitrogen and oxygen atoms in total. The third kappa shape index (κ3) is 13.8. The summed E-state index contributed by atoms with van der Waals surface area (Å²) in [6, 6.07) is 45.1. The van der Waals surface area contributed by atoms with Crippen LogP contribution >= 0.6 is 0 Å². The van der Waals surface area contributed by atoms with E-state index in [2.05, 4.69) is 251 Å². The van der Waals surface area contributed by atoms with Crippen molar-refractivity contribution >= 4 is 0 Å². The summed E-state index contributed by atoms with van der Waals surface area (Å²) >= 11 is 0. The maximum Gasteiger partial charge on any atom is 0.0719 e. The van der Waals surface area contributed by atoms with Gasteiger partial charge in [-0.25, -0.2) is 0 Å². The fourth-order valence-electron chi connectivity index (χ4n) is 6.20. The zero-order valence-electron chi connectivity index (χ0n) is 38.5. The van der Waals surface area contributed by atoms with Gasteiger partial charge in [-0.1, -0.05) is 156 Å². The van der Waals surface area contributed by atoms with Gasteiger partial charge in [-0.05, 0) is 165 Å². The Bertz CT molecular complexity index is 1690. The van der Waals surface area contributed by atoms with E-state index in [9.17, 15) is 0 Å². The van der Waals surface area contributed by atoms with Gasteiger partial charge in [-0.2, -0.15) is 0 Å². The molecule has 310 valence electrons. The van der Waals surface area contributed by atoms with E-state index in [0.717, 1.165) is 39.1 Å². The lowest BCUT2D eigenvalue weighted by Crippen LogP contribution is -2.36. The molecule has 0 saturated carbocycles. The highest BCUT2D eigenvalue weighted by Gasteiger charge is 2.47. The van der Waals surface area contributed by atoms with Crippen LogP contribution in [0.3, 0.4) is 0 Å². The summed E-state index contributed by atoms with van der Waals surface area (Å²) in [5, 5.41) is 0. The molecule has 2 aliphatic carbocycles. The minimum atomic E-state index is -0.350. The van der Waals surface area contributed by atoms with Gasteiger partial charge in [-0.3, -0.25) is 0 Å². The summed E-state index contributed by atoms with van der Waals surface area (Å²) in [5.74, 6) is 0. The van der Waals surface area contributed by atoms with Crippen LogP contribution in [-0.4, -0.2) is 128 Å². The van der Waals surface area contributed by atoms with Crippen molar-refractivity contribution in [1.82, 2.24) is 24.5 Å². The SMILES string of the molecule is CCN(C)C.CCN(C)C.CCN(C)C.CCN(C)C.CCN(C)C.c1ccc2c(c1)Cc1ccccc1C21c2ccccc2-c2ccccc2-c2ccccc21. The second-order valence-electron chi connectivity index (χ2n) is 15.9. The highest BCUT2D eigenvalue weighted by atomic mass is 15.1. The van der Waals surface area contributed by atoms with Crippen LogP contribution in [0.5, 0.6) is 0 Å². The number of fused-ring (bicyclic) bond motifs is 11. The Balaban J connectivity index is 0.000000368. The molecule has 0 atom stereocenters. The molecule has 2 aliphatic rings. The van der Waals surface area contributed by atoms with Crippen molar-refractivity contribution in [3.63, 3.8) is 0 Å². The summed E-state index contributed by atoms with van der Waals surface area (Å²) < 4.78 is 0. The van der Waals surface area contributed by atoms with E-state index >= 15 is 0 Å². The molecule has 0 saturated heterocycles. The number of nitrogens with zero attached hydrogens (tertiary/aromatic N) is 5. The molecule has 5 aromatic carbocycles. The zero-order chi connectivity index (χ0) is 42.5. The average Bonchev–Trinajstić information content (AvgIpc) is 3.34. The second-order valence-corrected chi connectivity index (χ2v) is 15.9. The summed E-state index contributed by atoms with van der Waals surface area (Å²) in [4.78, 5) is 10.6. The predicted octanol–water partition coefficient (Wildman–Crippen LogP) is 10.5. The molecule has 0 radical (unpaired) electrons.